The molecule has 1 N–H and O–H groups in total. The van der Waals surface area contributed by atoms with Crippen LogP contribution < -0.4 is 5.32 Å². The summed E-state index contributed by atoms with van der Waals surface area (Å²) in [5.74, 6) is 0.729. The van der Waals surface area contributed by atoms with E-state index in [-0.39, 0.29) is 0 Å². The number of rotatable bonds is 5. The van der Waals surface area contributed by atoms with Gasteiger partial charge in [0.1, 0.15) is 5.65 Å². The number of halogens is 1. The van der Waals surface area contributed by atoms with E-state index in [0.717, 1.165) is 48.6 Å². The Balaban J connectivity index is 1.50. The average Bonchev–Trinajstić information content (AvgIpc) is 3.02. The molecule has 2 aromatic heterocycles. The summed E-state index contributed by atoms with van der Waals surface area (Å²) in [4.78, 5) is 4.54. The first kappa shape index (κ1) is 12.9. The maximum absolute atomic E-state index is 5.95. The summed E-state index contributed by atoms with van der Waals surface area (Å²) in [5, 5.41) is 4.17. The van der Waals surface area contributed by atoms with Gasteiger partial charge < -0.3 is 14.5 Å². The molecule has 0 radical (unpaired) electrons. The lowest BCUT2D eigenvalue weighted by Crippen LogP contribution is -2.18. The standard InChI is InChI=1S/C14H18ClN3O/c15-12-1-2-14-17-13(9-18(14)8-12)7-16-5-3-11-4-6-19-10-11/h1-2,8-9,11,16H,3-7,10H2. The second-order valence-electron chi connectivity index (χ2n) is 5.04. The number of hydrogen-bond acceptors (Lipinski definition) is 3. The van der Waals surface area contributed by atoms with Gasteiger partial charge in [0.05, 0.1) is 10.7 Å². The zero-order chi connectivity index (χ0) is 13.1. The molecule has 0 amide bonds. The number of aromatic nitrogens is 2. The Morgan fingerprint density at radius 1 is 1.42 bits per heavy atom. The molecule has 1 atom stereocenters. The van der Waals surface area contributed by atoms with Crippen molar-refractivity contribution in [2.24, 2.45) is 5.92 Å². The SMILES string of the molecule is Clc1ccc2nc(CNCCC3CCOC3)cn2c1. The molecule has 4 nitrogen and oxygen atoms in total. The Morgan fingerprint density at radius 2 is 2.37 bits per heavy atom. The van der Waals surface area contributed by atoms with Crippen LogP contribution in [-0.2, 0) is 11.3 Å². The Morgan fingerprint density at radius 3 is 3.21 bits per heavy atom. The molecule has 1 aliphatic rings. The van der Waals surface area contributed by atoms with Crippen LogP contribution in [0.15, 0.2) is 24.5 Å². The zero-order valence-electron chi connectivity index (χ0n) is 10.8. The van der Waals surface area contributed by atoms with E-state index in [1.54, 1.807) is 0 Å². The van der Waals surface area contributed by atoms with Crippen molar-refractivity contribution in [2.75, 3.05) is 19.8 Å². The molecule has 3 heterocycles. The first-order chi connectivity index (χ1) is 9.31. The number of nitrogens with zero attached hydrogens (tertiary/aromatic N) is 2. The molecule has 5 heteroatoms. The van der Waals surface area contributed by atoms with E-state index in [9.17, 15) is 0 Å². The largest absolute Gasteiger partial charge is 0.381 e. The number of ether oxygens (including phenoxy) is 1. The van der Waals surface area contributed by atoms with E-state index in [1.807, 2.05) is 28.9 Å². The molecule has 3 rings (SSSR count). The number of hydrogen-bond donors (Lipinski definition) is 1. The van der Waals surface area contributed by atoms with Crippen LogP contribution in [-0.4, -0.2) is 29.1 Å². The maximum atomic E-state index is 5.95. The molecule has 0 spiro atoms. The van der Waals surface area contributed by atoms with Crippen LogP contribution in [0.3, 0.4) is 0 Å². The summed E-state index contributed by atoms with van der Waals surface area (Å²) in [6.45, 7) is 3.67. The van der Waals surface area contributed by atoms with Gasteiger partial charge in [-0.15, -0.1) is 0 Å². The molecular weight excluding hydrogens is 262 g/mol. The lowest BCUT2D eigenvalue weighted by Gasteiger charge is -2.07. The molecule has 102 valence electrons. The molecule has 0 aromatic carbocycles. The van der Waals surface area contributed by atoms with Crippen LogP contribution in [0.25, 0.3) is 5.65 Å². The van der Waals surface area contributed by atoms with Crippen molar-refractivity contribution in [3.63, 3.8) is 0 Å². The Labute approximate surface area is 117 Å². The van der Waals surface area contributed by atoms with Crippen LogP contribution in [0.1, 0.15) is 18.5 Å². The van der Waals surface area contributed by atoms with Gasteiger partial charge in [-0.1, -0.05) is 11.6 Å². The molecule has 2 aromatic rings. The van der Waals surface area contributed by atoms with Crippen molar-refractivity contribution < 1.29 is 4.74 Å². The fourth-order valence-electron chi connectivity index (χ4n) is 2.44. The molecular formula is C14H18ClN3O. The van der Waals surface area contributed by atoms with Crippen molar-refractivity contribution in [3.05, 3.63) is 35.2 Å². The summed E-state index contributed by atoms with van der Waals surface area (Å²) in [6, 6.07) is 3.79. The van der Waals surface area contributed by atoms with Gasteiger partial charge in [-0.2, -0.15) is 0 Å². The van der Waals surface area contributed by atoms with Crippen molar-refractivity contribution in [1.29, 1.82) is 0 Å². The molecule has 1 saturated heterocycles. The molecule has 0 aliphatic carbocycles. The van der Waals surface area contributed by atoms with Crippen molar-refractivity contribution >= 4 is 17.2 Å². The molecule has 1 fully saturated rings. The summed E-state index contributed by atoms with van der Waals surface area (Å²) in [7, 11) is 0. The van der Waals surface area contributed by atoms with E-state index in [0.29, 0.717) is 0 Å². The van der Waals surface area contributed by atoms with Crippen LogP contribution in [0.5, 0.6) is 0 Å². The quantitative estimate of drug-likeness (QED) is 0.855. The fourth-order valence-corrected chi connectivity index (χ4v) is 2.60. The molecule has 19 heavy (non-hydrogen) atoms. The molecule has 1 unspecified atom stereocenters. The third kappa shape index (κ3) is 3.26. The monoisotopic (exact) mass is 279 g/mol. The molecule has 0 saturated carbocycles. The van der Waals surface area contributed by atoms with Gasteiger partial charge in [0.15, 0.2) is 0 Å². The second-order valence-corrected chi connectivity index (χ2v) is 5.48. The van der Waals surface area contributed by atoms with Gasteiger partial charge in [-0.05, 0) is 37.4 Å². The zero-order valence-corrected chi connectivity index (χ0v) is 11.6. The van der Waals surface area contributed by atoms with E-state index in [1.165, 1.54) is 12.8 Å². The minimum atomic E-state index is 0.727. The molecule has 1 aliphatic heterocycles. The van der Waals surface area contributed by atoms with Crippen LogP contribution in [0.4, 0.5) is 0 Å². The van der Waals surface area contributed by atoms with E-state index < -0.39 is 0 Å². The minimum Gasteiger partial charge on any atom is -0.381 e. The van der Waals surface area contributed by atoms with Gasteiger partial charge in [-0.25, -0.2) is 4.98 Å². The minimum absolute atomic E-state index is 0.727. The summed E-state index contributed by atoms with van der Waals surface area (Å²) in [6.07, 6.45) is 6.28. The summed E-state index contributed by atoms with van der Waals surface area (Å²) < 4.78 is 7.33. The topological polar surface area (TPSA) is 38.6 Å². The summed E-state index contributed by atoms with van der Waals surface area (Å²) in [5.41, 5.74) is 1.98. The average molecular weight is 280 g/mol. The highest BCUT2D eigenvalue weighted by Crippen LogP contribution is 2.15. The predicted octanol–water partition coefficient (Wildman–Crippen LogP) is 2.50. The normalized spacial score (nSPS) is 19.3. The van der Waals surface area contributed by atoms with Gasteiger partial charge in [0, 0.05) is 32.2 Å². The molecule has 0 bridgehead atoms. The van der Waals surface area contributed by atoms with Crippen LogP contribution >= 0.6 is 11.6 Å². The maximum Gasteiger partial charge on any atom is 0.137 e. The van der Waals surface area contributed by atoms with Crippen LogP contribution in [0.2, 0.25) is 5.02 Å². The van der Waals surface area contributed by atoms with Gasteiger partial charge >= 0.3 is 0 Å². The third-order valence-electron chi connectivity index (χ3n) is 3.52. The van der Waals surface area contributed by atoms with Crippen molar-refractivity contribution in [1.82, 2.24) is 14.7 Å². The van der Waals surface area contributed by atoms with Crippen LogP contribution in [0, 0.1) is 5.92 Å². The highest BCUT2D eigenvalue weighted by Gasteiger charge is 2.14. The van der Waals surface area contributed by atoms with Gasteiger partial charge in [-0.3, -0.25) is 0 Å². The first-order valence-electron chi connectivity index (χ1n) is 6.73. The van der Waals surface area contributed by atoms with E-state index in [4.69, 9.17) is 16.3 Å². The number of fused-ring (bicyclic) bond motifs is 1. The van der Waals surface area contributed by atoms with E-state index >= 15 is 0 Å². The Hall–Kier alpha value is -1.10. The Bertz CT molecular complexity index is 549. The second kappa shape index (κ2) is 5.90. The fraction of sp³-hybridized carbons (Fsp3) is 0.500. The highest BCUT2D eigenvalue weighted by atomic mass is 35.5. The lowest BCUT2D eigenvalue weighted by atomic mass is 10.1. The first-order valence-corrected chi connectivity index (χ1v) is 7.10. The third-order valence-corrected chi connectivity index (χ3v) is 3.75. The van der Waals surface area contributed by atoms with E-state index in [2.05, 4.69) is 10.3 Å². The number of nitrogens with one attached hydrogen (secondary N) is 1. The van der Waals surface area contributed by atoms with Gasteiger partial charge in [0.2, 0.25) is 0 Å². The summed E-state index contributed by atoms with van der Waals surface area (Å²) >= 11 is 5.95. The number of imidazole rings is 1. The smallest absolute Gasteiger partial charge is 0.137 e. The Kier molecular flexibility index (Phi) is 4.01. The van der Waals surface area contributed by atoms with Crippen molar-refractivity contribution in [2.45, 2.75) is 19.4 Å². The lowest BCUT2D eigenvalue weighted by molar-refractivity contribution is 0.184. The van der Waals surface area contributed by atoms with Gasteiger partial charge in [0.25, 0.3) is 0 Å². The predicted molar refractivity (Wildman–Crippen MR) is 75.5 cm³/mol. The number of pyridine rings is 1. The van der Waals surface area contributed by atoms with Crippen molar-refractivity contribution in [3.8, 4) is 0 Å². The highest BCUT2D eigenvalue weighted by molar-refractivity contribution is 6.30.